The van der Waals surface area contributed by atoms with Crippen molar-refractivity contribution in [1.29, 1.82) is 0 Å². The summed E-state index contributed by atoms with van der Waals surface area (Å²) in [6.07, 6.45) is 0. The molecule has 0 spiro atoms. The van der Waals surface area contributed by atoms with Gasteiger partial charge in [-0.25, -0.2) is 4.79 Å². The van der Waals surface area contributed by atoms with Gasteiger partial charge in [0.05, 0.1) is 6.54 Å². The van der Waals surface area contributed by atoms with Crippen molar-refractivity contribution in [2.24, 2.45) is 0 Å². The minimum atomic E-state index is -0.204. The first kappa shape index (κ1) is 16.0. The number of hydrogen-bond donors (Lipinski definition) is 3. The maximum Gasteiger partial charge on any atom is 0.319 e. The van der Waals surface area contributed by atoms with Crippen molar-refractivity contribution in [3.63, 3.8) is 0 Å². The molecule has 1 aromatic carbocycles. The molecule has 0 bridgehead atoms. The lowest BCUT2D eigenvalue weighted by atomic mass is 10.1. The Morgan fingerprint density at radius 3 is 2.57 bits per heavy atom. The van der Waals surface area contributed by atoms with E-state index < -0.39 is 0 Å². The Bertz CT molecular complexity index is 597. The van der Waals surface area contributed by atoms with Gasteiger partial charge in [0.2, 0.25) is 0 Å². The number of carbonyl (C=O) groups is 1. The normalized spacial score (nSPS) is 12.0. The largest absolute Gasteiger partial charge is 0.333 e. The zero-order chi connectivity index (χ0) is 15.2. The fraction of sp³-hybridized carbons (Fsp3) is 0.267. The number of thiophene rings is 1. The van der Waals surface area contributed by atoms with E-state index in [9.17, 15) is 4.79 Å². The van der Waals surface area contributed by atoms with Crippen LogP contribution in [0.15, 0.2) is 40.2 Å². The number of urea groups is 1. The number of anilines is 1. The number of rotatable bonds is 5. The molecule has 4 nitrogen and oxygen atoms in total. The molecule has 1 aromatic heterocycles. The topological polar surface area (TPSA) is 53.2 Å². The third-order valence-electron chi connectivity index (χ3n) is 3.20. The Labute approximate surface area is 137 Å². The van der Waals surface area contributed by atoms with Gasteiger partial charge in [-0.05, 0) is 59.0 Å². The van der Waals surface area contributed by atoms with E-state index in [1.165, 1.54) is 5.56 Å². The summed E-state index contributed by atoms with van der Waals surface area (Å²) in [5.74, 6) is 0. The molecule has 6 heteroatoms. The zero-order valence-corrected chi connectivity index (χ0v) is 14.3. The van der Waals surface area contributed by atoms with Crippen LogP contribution in [-0.2, 0) is 6.54 Å². The molecule has 112 valence electrons. The molecule has 0 aliphatic heterocycles. The molecule has 2 aromatic rings. The van der Waals surface area contributed by atoms with Crippen LogP contribution in [0.25, 0.3) is 0 Å². The first-order chi connectivity index (χ1) is 10.1. The standard InChI is InChI=1S/C15H18BrN3OS/c1-10(17-2)11-3-5-12(6-4-11)19-15(20)18-9-14-13(16)7-8-21-14/h3-8,10,17H,9H2,1-2H3,(H2,18,19,20). The molecule has 1 atom stereocenters. The molecule has 0 saturated heterocycles. The van der Waals surface area contributed by atoms with Gasteiger partial charge in [0.15, 0.2) is 0 Å². The Balaban J connectivity index is 1.86. The fourth-order valence-electron chi connectivity index (χ4n) is 1.81. The second-order valence-electron chi connectivity index (χ2n) is 4.63. The summed E-state index contributed by atoms with van der Waals surface area (Å²) < 4.78 is 1.03. The van der Waals surface area contributed by atoms with Crippen molar-refractivity contribution >= 4 is 39.0 Å². The second-order valence-corrected chi connectivity index (χ2v) is 6.49. The molecule has 0 saturated carbocycles. The minimum Gasteiger partial charge on any atom is -0.333 e. The summed E-state index contributed by atoms with van der Waals surface area (Å²) in [5.41, 5.74) is 1.97. The van der Waals surface area contributed by atoms with Gasteiger partial charge in [-0.2, -0.15) is 0 Å². The molecule has 1 heterocycles. The average molecular weight is 368 g/mol. The monoisotopic (exact) mass is 367 g/mol. The van der Waals surface area contributed by atoms with Gasteiger partial charge in [0.1, 0.15) is 0 Å². The number of carbonyl (C=O) groups excluding carboxylic acids is 1. The van der Waals surface area contributed by atoms with Crippen LogP contribution in [0.4, 0.5) is 10.5 Å². The number of nitrogens with one attached hydrogen (secondary N) is 3. The Morgan fingerprint density at radius 2 is 2.00 bits per heavy atom. The highest BCUT2D eigenvalue weighted by molar-refractivity contribution is 9.10. The summed E-state index contributed by atoms with van der Waals surface area (Å²) >= 11 is 5.05. The van der Waals surface area contributed by atoms with E-state index in [2.05, 4.69) is 38.8 Å². The van der Waals surface area contributed by atoms with Crippen LogP contribution >= 0.6 is 27.3 Å². The molecule has 0 aliphatic rings. The van der Waals surface area contributed by atoms with Gasteiger partial charge >= 0.3 is 6.03 Å². The first-order valence-corrected chi connectivity index (χ1v) is 8.31. The van der Waals surface area contributed by atoms with Gasteiger partial charge in [0.25, 0.3) is 0 Å². The number of benzene rings is 1. The summed E-state index contributed by atoms with van der Waals surface area (Å²) in [4.78, 5) is 12.9. The van der Waals surface area contributed by atoms with E-state index in [1.807, 2.05) is 42.8 Å². The summed E-state index contributed by atoms with van der Waals surface area (Å²) in [7, 11) is 1.92. The molecule has 3 N–H and O–H groups in total. The molecule has 2 amide bonds. The zero-order valence-electron chi connectivity index (χ0n) is 11.9. The highest BCUT2D eigenvalue weighted by Gasteiger charge is 2.06. The van der Waals surface area contributed by atoms with Crippen LogP contribution in [0.5, 0.6) is 0 Å². The Kier molecular flexibility index (Phi) is 5.78. The molecule has 0 radical (unpaired) electrons. The minimum absolute atomic E-state index is 0.204. The van der Waals surface area contributed by atoms with E-state index in [1.54, 1.807) is 11.3 Å². The first-order valence-electron chi connectivity index (χ1n) is 6.64. The van der Waals surface area contributed by atoms with E-state index in [4.69, 9.17) is 0 Å². The molecule has 1 unspecified atom stereocenters. The van der Waals surface area contributed by atoms with Gasteiger partial charge in [-0.1, -0.05) is 12.1 Å². The lowest BCUT2D eigenvalue weighted by Crippen LogP contribution is -2.27. The van der Waals surface area contributed by atoms with Crippen LogP contribution in [-0.4, -0.2) is 13.1 Å². The maximum atomic E-state index is 11.8. The SMILES string of the molecule is CNC(C)c1ccc(NC(=O)NCc2sccc2Br)cc1. The number of amides is 2. The van der Waals surface area contributed by atoms with Gasteiger partial charge in [-0.15, -0.1) is 11.3 Å². The van der Waals surface area contributed by atoms with E-state index in [0.717, 1.165) is 15.0 Å². The van der Waals surface area contributed by atoms with E-state index in [0.29, 0.717) is 12.6 Å². The van der Waals surface area contributed by atoms with Crippen molar-refractivity contribution < 1.29 is 4.79 Å². The highest BCUT2D eigenvalue weighted by atomic mass is 79.9. The van der Waals surface area contributed by atoms with E-state index in [-0.39, 0.29) is 6.03 Å². The number of halogens is 1. The lowest BCUT2D eigenvalue weighted by molar-refractivity contribution is 0.252. The Hall–Kier alpha value is -1.37. The van der Waals surface area contributed by atoms with Gasteiger partial charge < -0.3 is 16.0 Å². The molecular weight excluding hydrogens is 350 g/mol. The third-order valence-corrected chi connectivity index (χ3v) is 5.13. The molecule has 0 aliphatic carbocycles. The summed E-state index contributed by atoms with van der Waals surface area (Å²) in [6.45, 7) is 2.60. The highest BCUT2D eigenvalue weighted by Crippen LogP contribution is 2.22. The Morgan fingerprint density at radius 1 is 1.29 bits per heavy atom. The predicted molar refractivity (Wildman–Crippen MR) is 91.8 cm³/mol. The average Bonchev–Trinajstić information content (AvgIpc) is 2.90. The summed E-state index contributed by atoms with van der Waals surface area (Å²) in [6, 6.07) is 9.89. The van der Waals surface area contributed by atoms with Crippen LogP contribution in [0.1, 0.15) is 23.4 Å². The van der Waals surface area contributed by atoms with Crippen molar-refractivity contribution in [2.45, 2.75) is 19.5 Å². The maximum absolute atomic E-state index is 11.8. The second kappa shape index (κ2) is 7.59. The fourth-order valence-corrected chi connectivity index (χ4v) is 3.24. The van der Waals surface area contributed by atoms with Crippen molar-refractivity contribution in [3.8, 4) is 0 Å². The third kappa shape index (κ3) is 4.56. The van der Waals surface area contributed by atoms with Crippen molar-refractivity contribution in [1.82, 2.24) is 10.6 Å². The van der Waals surface area contributed by atoms with Crippen LogP contribution in [0, 0.1) is 0 Å². The van der Waals surface area contributed by atoms with Gasteiger partial charge in [-0.3, -0.25) is 0 Å². The van der Waals surface area contributed by atoms with Crippen molar-refractivity contribution in [3.05, 3.63) is 50.6 Å². The van der Waals surface area contributed by atoms with Crippen LogP contribution < -0.4 is 16.0 Å². The quantitative estimate of drug-likeness (QED) is 0.744. The lowest BCUT2D eigenvalue weighted by Gasteiger charge is -2.12. The molecule has 21 heavy (non-hydrogen) atoms. The summed E-state index contributed by atoms with van der Waals surface area (Å²) in [5, 5.41) is 10.8. The number of hydrogen-bond acceptors (Lipinski definition) is 3. The van der Waals surface area contributed by atoms with Crippen LogP contribution in [0.3, 0.4) is 0 Å². The van der Waals surface area contributed by atoms with E-state index >= 15 is 0 Å². The van der Waals surface area contributed by atoms with Crippen molar-refractivity contribution in [2.75, 3.05) is 12.4 Å². The molecule has 2 rings (SSSR count). The molecular formula is C15H18BrN3OS. The van der Waals surface area contributed by atoms with Crippen LogP contribution in [0.2, 0.25) is 0 Å². The smallest absolute Gasteiger partial charge is 0.319 e. The van der Waals surface area contributed by atoms with Gasteiger partial charge in [0, 0.05) is 21.1 Å². The predicted octanol–water partition coefficient (Wildman–Crippen LogP) is 4.11. The molecule has 0 fully saturated rings.